The van der Waals surface area contributed by atoms with Crippen molar-refractivity contribution in [3.05, 3.63) is 0 Å². The van der Waals surface area contributed by atoms with Gasteiger partial charge in [0.15, 0.2) is 0 Å². The van der Waals surface area contributed by atoms with Crippen molar-refractivity contribution in [3.63, 3.8) is 0 Å². The molecule has 2 atom stereocenters. The quantitative estimate of drug-likeness (QED) is 0.772. The van der Waals surface area contributed by atoms with Crippen LogP contribution < -0.4 is 0 Å². The second kappa shape index (κ2) is 4.21. The lowest BCUT2D eigenvalue weighted by molar-refractivity contribution is -0.0793. The first-order valence-electron chi connectivity index (χ1n) is 7.40. The summed E-state index contributed by atoms with van der Waals surface area (Å²) in [5.74, 6) is 1.34. The third-order valence-corrected chi connectivity index (χ3v) is 4.91. The van der Waals surface area contributed by atoms with Crippen LogP contribution in [0.25, 0.3) is 0 Å². The van der Waals surface area contributed by atoms with E-state index in [2.05, 4.69) is 41.5 Å². The van der Waals surface area contributed by atoms with E-state index in [1.807, 2.05) is 0 Å². The van der Waals surface area contributed by atoms with Gasteiger partial charge in [-0.05, 0) is 63.7 Å². The van der Waals surface area contributed by atoms with E-state index in [1.165, 1.54) is 0 Å². The Labute approximate surface area is 112 Å². The Balaban J connectivity index is 1.96. The van der Waals surface area contributed by atoms with Crippen molar-refractivity contribution >= 4 is 0 Å². The van der Waals surface area contributed by atoms with Crippen LogP contribution in [0.15, 0.2) is 0 Å². The van der Waals surface area contributed by atoms with Crippen LogP contribution in [0.3, 0.4) is 0 Å². The summed E-state index contributed by atoms with van der Waals surface area (Å²) in [7, 11) is 0. The van der Waals surface area contributed by atoms with Gasteiger partial charge in [-0.25, -0.2) is 0 Å². The van der Waals surface area contributed by atoms with Crippen molar-refractivity contribution in [1.29, 1.82) is 0 Å². The largest absolute Gasteiger partial charge is 0.389 e. The zero-order valence-corrected chi connectivity index (χ0v) is 12.9. The van der Waals surface area contributed by atoms with Crippen LogP contribution in [0.4, 0.5) is 0 Å². The Hall–Kier alpha value is -0.0800. The molecule has 2 rings (SSSR count). The van der Waals surface area contributed by atoms with Gasteiger partial charge in [-0.1, -0.05) is 20.8 Å². The average Bonchev–Trinajstić information content (AvgIpc) is 2.53. The summed E-state index contributed by atoms with van der Waals surface area (Å²) in [6.45, 7) is 12.9. The monoisotopic (exact) mass is 254 g/mol. The summed E-state index contributed by atoms with van der Waals surface area (Å²) in [4.78, 5) is 0. The van der Waals surface area contributed by atoms with Gasteiger partial charge in [0.25, 0.3) is 0 Å². The molecular weight excluding hydrogens is 224 g/mol. The molecular formula is C16H30O2. The molecule has 2 fully saturated rings. The molecule has 2 nitrogen and oxygen atoms in total. The molecule has 0 aromatic carbocycles. The van der Waals surface area contributed by atoms with Crippen LogP contribution in [-0.2, 0) is 4.74 Å². The maximum atomic E-state index is 10.8. The minimum atomic E-state index is -0.463. The molecule has 0 heterocycles. The number of rotatable bonds is 1. The minimum absolute atomic E-state index is 0.00226. The first-order valence-corrected chi connectivity index (χ1v) is 7.40. The van der Waals surface area contributed by atoms with E-state index in [-0.39, 0.29) is 11.0 Å². The molecule has 2 aliphatic carbocycles. The molecule has 106 valence electrons. The van der Waals surface area contributed by atoms with Crippen molar-refractivity contribution in [2.75, 3.05) is 0 Å². The lowest BCUT2D eigenvalue weighted by atomic mass is 9.74. The van der Waals surface area contributed by atoms with Crippen molar-refractivity contribution in [2.24, 2.45) is 17.3 Å². The van der Waals surface area contributed by atoms with Crippen LogP contribution in [0.1, 0.15) is 67.2 Å². The van der Waals surface area contributed by atoms with Gasteiger partial charge >= 0.3 is 0 Å². The maximum absolute atomic E-state index is 10.8. The smallest absolute Gasteiger partial charge is 0.0701 e. The van der Waals surface area contributed by atoms with Gasteiger partial charge in [-0.15, -0.1) is 0 Å². The van der Waals surface area contributed by atoms with Crippen LogP contribution in [0.2, 0.25) is 0 Å². The van der Waals surface area contributed by atoms with Gasteiger partial charge in [-0.2, -0.15) is 0 Å². The first kappa shape index (κ1) is 14.3. The highest BCUT2D eigenvalue weighted by molar-refractivity contribution is 5.04. The topological polar surface area (TPSA) is 29.5 Å². The zero-order chi connectivity index (χ0) is 13.8. The normalized spacial score (nSPS) is 41.2. The summed E-state index contributed by atoms with van der Waals surface area (Å²) in [5.41, 5.74) is -0.504. The molecule has 0 saturated heterocycles. The maximum Gasteiger partial charge on any atom is 0.0701 e. The number of aliphatic hydroxyl groups is 1. The van der Waals surface area contributed by atoms with Gasteiger partial charge in [0.1, 0.15) is 0 Å². The number of hydrogen-bond donors (Lipinski definition) is 1. The fourth-order valence-corrected chi connectivity index (χ4v) is 3.82. The van der Waals surface area contributed by atoms with Gasteiger partial charge in [0.05, 0.1) is 17.3 Å². The van der Waals surface area contributed by atoms with E-state index in [9.17, 15) is 5.11 Å². The van der Waals surface area contributed by atoms with Crippen LogP contribution >= 0.6 is 0 Å². The van der Waals surface area contributed by atoms with E-state index in [4.69, 9.17) is 4.74 Å². The lowest BCUT2D eigenvalue weighted by Crippen LogP contribution is -2.41. The Morgan fingerprint density at radius 1 is 0.944 bits per heavy atom. The summed E-state index contributed by atoms with van der Waals surface area (Å²) in [6.07, 6.45) is 4.61. The average molecular weight is 254 g/mol. The molecule has 0 aromatic rings. The zero-order valence-electron chi connectivity index (χ0n) is 12.9. The molecule has 0 aliphatic heterocycles. The summed E-state index contributed by atoms with van der Waals surface area (Å²) < 4.78 is 6.11. The fourth-order valence-electron chi connectivity index (χ4n) is 3.82. The van der Waals surface area contributed by atoms with Crippen molar-refractivity contribution in [2.45, 2.75) is 84.5 Å². The Morgan fingerprint density at radius 3 is 1.72 bits per heavy atom. The molecule has 0 radical (unpaired) electrons. The summed E-state index contributed by atoms with van der Waals surface area (Å²) in [6, 6.07) is 0. The van der Waals surface area contributed by atoms with Gasteiger partial charge in [-0.3, -0.25) is 0 Å². The molecule has 2 unspecified atom stereocenters. The van der Waals surface area contributed by atoms with Crippen molar-refractivity contribution in [3.8, 4) is 0 Å². The first-order chi connectivity index (χ1) is 8.00. The number of hydrogen-bond acceptors (Lipinski definition) is 2. The van der Waals surface area contributed by atoms with Crippen molar-refractivity contribution in [1.82, 2.24) is 0 Å². The molecule has 0 spiro atoms. The third kappa shape index (κ3) is 2.75. The number of ether oxygens (including phenoxy) is 1. The standard InChI is InChI=1S/C16H30O2/c1-14(2,3)16(17)9-11-7-13(8-12(11)10-16)18-15(4,5)6/h11-13,17H,7-10H2,1-6H3. The summed E-state index contributed by atoms with van der Waals surface area (Å²) in [5, 5.41) is 10.8. The molecule has 0 aromatic heterocycles. The van der Waals surface area contributed by atoms with E-state index in [0.29, 0.717) is 17.9 Å². The minimum Gasteiger partial charge on any atom is -0.389 e. The molecule has 2 aliphatic rings. The highest BCUT2D eigenvalue weighted by Crippen LogP contribution is 2.55. The predicted octanol–water partition coefficient (Wildman–Crippen LogP) is 3.77. The molecule has 2 heteroatoms. The second-order valence-corrected chi connectivity index (χ2v) is 8.53. The Bertz CT molecular complexity index is 294. The van der Waals surface area contributed by atoms with Gasteiger partial charge in [0.2, 0.25) is 0 Å². The van der Waals surface area contributed by atoms with Gasteiger partial charge < -0.3 is 9.84 Å². The number of fused-ring (bicyclic) bond motifs is 1. The predicted molar refractivity (Wildman–Crippen MR) is 74.5 cm³/mol. The van der Waals surface area contributed by atoms with E-state index in [0.717, 1.165) is 25.7 Å². The third-order valence-electron chi connectivity index (χ3n) is 4.91. The van der Waals surface area contributed by atoms with E-state index < -0.39 is 5.60 Å². The fraction of sp³-hybridized carbons (Fsp3) is 1.00. The lowest BCUT2D eigenvalue weighted by Gasteiger charge is -2.38. The summed E-state index contributed by atoms with van der Waals surface area (Å²) >= 11 is 0. The van der Waals surface area contributed by atoms with Crippen LogP contribution in [0.5, 0.6) is 0 Å². The van der Waals surface area contributed by atoms with E-state index in [1.54, 1.807) is 0 Å². The molecule has 0 amide bonds. The van der Waals surface area contributed by atoms with Crippen LogP contribution in [-0.4, -0.2) is 22.4 Å². The Kier molecular flexibility index (Phi) is 3.35. The molecule has 2 saturated carbocycles. The van der Waals surface area contributed by atoms with Crippen LogP contribution in [0, 0.1) is 17.3 Å². The highest BCUT2D eigenvalue weighted by Gasteiger charge is 2.53. The highest BCUT2D eigenvalue weighted by atomic mass is 16.5. The SMILES string of the molecule is CC(C)(C)OC1CC2CC(O)(C(C)(C)C)CC2C1. The van der Waals surface area contributed by atoms with Crippen molar-refractivity contribution < 1.29 is 9.84 Å². The second-order valence-electron chi connectivity index (χ2n) is 8.53. The molecule has 18 heavy (non-hydrogen) atoms. The molecule has 1 N–H and O–H groups in total. The molecule has 0 bridgehead atoms. The van der Waals surface area contributed by atoms with Gasteiger partial charge in [0, 0.05) is 0 Å². The Morgan fingerprint density at radius 2 is 1.39 bits per heavy atom. The van der Waals surface area contributed by atoms with E-state index >= 15 is 0 Å².